The molecule has 1 amide bonds. The lowest BCUT2D eigenvalue weighted by molar-refractivity contribution is -0.186. The SMILES string of the molecule is COc1ccc2ccccc2c1CNC(=O)C1CCCC(C(F)(F)F)C1. The molecule has 3 nitrogen and oxygen atoms in total. The number of amides is 1. The van der Waals surface area contributed by atoms with Crippen LogP contribution >= 0.6 is 0 Å². The van der Waals surface area contributed by atoms with Gasteiger partial charge in [0.05, 0.1) is 13.0 Å². The number of methoxy groups -OCH3 is 1. The Morgan fingerprint density at radius 1 is 1.19 bits per heavy atom. The lowest BCUT2D eigenvalue weighted by Crippen LogP contribution is -2.37. The number of carbonyl (C=O) groups excluding carboxylic acids is 1. The summed E-state index contributed by atoms with van der Waals surface area (Å²) in [6.45, 7) is 0.233. The molecule has 6 heteroatoms. The summed E-state index contributed by atoms with van der Waals surface area (Å²) < 4.78 is 44.3. The molecule has 1 aliphatic carbocycles. The molecule has 0 heterocycles. The Balaban J connectivity index is 1.73. The Bertz CT molecular complexity index is 788. The van der Waals surface area contributed by atoms with E-state index >= 15 is 0 Å². The highest BCUT2D eigenvalue weighted by Gasteiger charge is 2.43. The third-order valence-electron chi connectivity index (χ3n) is 5.16. The van der Waals surface area contributed by atoms with Crippen molar-refractivity contribution in [2.45, 2.75) is 38.4 Å². The van der Waals surface area contributed by atoms with Gasteiger partial charge in [-0.25, -0.2) is 0 Å². The zero-order chi connectivity index (χ0) is 18.7. The van der Waals surface area contributed by atoms with E-state index in [1.807, 2.05) is 36.4 Å². The fourth-order valence-corrected chi connectivity index (χ4v) is 3.73. The number of rotatable bonds is 4. The summed E-state index contributed by atoms with van der Waals surface area (Å²) in [6.07, 6.45) is -3.30. The molecule has 2 aromatic rings. The first kappa shape index (κ1) is 18.5. The fourth-order valence-electron chi connectivity index (χ4n) is 3.73. The second-order valence-electron chi connectivity index (χ2n) is 6.79. The molecule has 1 saturated carbocycles. The zero-order valence-corrected chi connectivity index (χ0v) is 14.6. The van der Waals surface area contributed by atoms with Gasteiger partial charge in [-0.05, 0) is 36.1 Å². The van der Waals surface area contributed by atoms with E-state index in [9.17, 15) is 18.0 Å². The van der Waals surface area contributed by atoms with Gasteiger partial charge in [-0.3, -0.25) is 4.79 Å². The van der Waals surface area contributed by atoms with Crippen molar-refractivity contribution in [1.29, 1.82) is 0 Å². The molecule has 2 aromatic carbocycles. The van der Waals surface area contributed by atoms with Crippen molar-refractivity contribution in [3.63, 3.8) is 0 Å². The molecule has 0 saturated heterocycles. The molecule has 1 fully saturated rings. The number of carbonyl (C=O) groups is 1. The lowest BCUT2D eigenvalue weighted by atomic mass is 9.80. The van der Waals surface area contributed by atoms with E-state index in [0.29, 0.717) is 18.6 Å². The van der Waals surface area contributed by atoms with Gasteiger partial charge in [0.25, 0.3) is 0 Å². The van der Waals surface area contributed by atoms with E-state index in [4.69, 9.17) is 4.74 Å². The molecule has 2 atom stereocenters. The average Bonchev–Trinajstić information content (AvgIpc) is 2.65. The van der Waals surface area contributed by atoms with E-state index in [1.54, 1.807) is 7.11 Å². The van der Waals surface area contributed by atoms with Crippen molar-refractivity contribution < 1.29 is 22.7 Å². The maximum Gasteiger partial charge on any atom is 0.391 e. The molecule has 2 unspecified atom stereocenters. The topological polar surface area (TPSA) is 38.3 Å². The number of fused-ring (bicyclic) bond motifs is 1. The van der Waals surface area contributed by atoms with Gasteiger partial charge in [-0.15, -0.1) is 0 Å². The van der Waals surface area contributed by atoms with Gasteiger partial charge < -0.3 is 10.1 Å². The van der Waals surface area contributed by atoms with Crippen LogP contribution in [0.2, 0.25) is 0 Å². The highest BCUT2D eigenvalue weighted by Crippen LogP contribution is 2.40. The van der Waals surface area contributed by atoms with Crippen LogP contribution in [0.25, 0.3) is 10.8 Å². The first-order valence-corrected chi connectivity index (χ1v) is 8.79. The van der Waals surface area contributed by atoms with Crippen LogP contribution in [-0.4, -0.2) is 19.2 Å². The van der Waals surface area contributed by atoms with Crippen LogP contribution in [0.15, 0.2) is 36.4 Å². The average molecular weight is 365 g/mol. The highest BCUT2D eigenvalue weighted by molar-refractivity contribution is 5.88. The van der Waals surface area contributed by atoms with Gasteiger partial charge in [0, 0.05) is 18.0 Å². The van der Waals surface area contributed by atoms with Crippen LogP contribution in [0, 0.1) is 11.8 Å². The summed E-state index contributed by atoms with van der Waals surface area (Å²) in [7, 11) is 1.56. The molecule has 0 bridgehead atoms. The third-order valence-corrected chi connectivity index (χ3v) is 5.16. The van der Waals surface area contributed by atoms with Crippen LogP contribution in [-0.2, 0) is 11.3 Å². The standard InChI is InChI=1S/C20H22F3NO2/c1-26-18-10-9-13-5-2-3-8-16(13)17(18)12-24-19(25)14-6-4-7-15(11-14)20(21,22)23/h2-3,5,8-10,14-15H,4,6-7,11-12H2,1H3,(H,24,25). The predicted molar refractivity (Wildman–Crippen MR) is 93.8 cm³/mol. The van der Waals surface area contributed by atoms with Crippen molar-refractivity contribution in [2.24, 2.45) is 11.8 Å². The largest absolute Gasteiger partial charge is 0.496 e. The quantitative estimate of drug-likeness (QED) is 0.842. The molecular formula is C20H22F3NO2. The van der Waals surface area contributed by atoms with E-state index < -0.39 is 18.0 Å². The summed E-state index contributed by atoms with van der Waals surface area (Å²) >= 11 is 0. The van der Waals surface area contributed by atoms with Gasteiger partial charge >= 0.3 is 6.18 Å². The van der Waals surface area contributed by atoms with Crippen molar-refractivity contribution in [2.75, 3.05) is 7.11 Å². The summed E-state index contributed by atoms with van der Waals surface area (Å²) in [5.74, 6) is -1.62. The molecule has 0 spiro atoms. The maximum absolute atomic E-state index is 13.0. The number of hydrogen-bond donors (Lipinski definition) is 1. The smallest absolute Gasteiger partial charge is 0.391 e. The predicted octanol–water partition coefficient (Wildman–Crippen LogP) is 4.83. The molecule has 3 rings (SSSR count). The third kappa shape index (κ3) is 3.94. The Morgan fingerprint density at radius 2 is 1.96 bits per heavy atom. The molecule has 140 valence electrons. The monoisotopic (exact) mass is 365 g/mol. The Labute approximate surface area is 150 Å². The Hall–Kier alpha value is -2.24. The molecular weight excluding hydrogens is 343 g/mol. The Morgan fingerprint density at radius 3 is 2.69 bits per heavy atom. The van der Waals surface area contributed by atoms with E-state index in [2.05, 4.69) is 5.32 Å². The summed E-state index contributed by atoms with van der Waals surface area (Å²) in [4.78, 5) is 12.5. The van der Waals surface area contributed by atoms with Crippen molar-refractivity contribution >= 4 is 16.7 Å². The molecule has 0 radical (unpaired) electrons. The number of halogens is 3. The molecule has 1 N–H and O–H groups in total. The lowest BCUT2D eigenvalue weighted by Gasteiger charge is -2.29. The molecule has 0 aliphatic heterocycles. The molecule has 1 aliphatic rings. The summed E-state index contributed by atoms with van der Waals surface area (Å²) in [6, 6.07) is 11.5. The molecule has 26 heavy (non-hydrogen) atoms. The zero-order valence-electron chi connectivity index (χ0n) is 14.6. The normalized spacial score (nSPS) is 20.8. The van der Waals surface area contributed by atoms with Crippen LogP contribution in [0.1, 0.15) is 31.2 Å². The van der Waals surface area contributed by atoms with E-state index in [-0.39, 0.29) is 25.3 Å². The number of benzene rings is 2. The second-order valence-corrected chi connectivity index (χ2v) is 6.79. The van der Waals surface area contributed by atoms with Gasteiger partial charge in [-0.1, -0.05) is 36.8 Å². The van der Waals surface area contributed by atoms with Gasteiger partial charge in [0.2, 0.25) is 5.91 Å². The second kappa shape index (κ2) is 7.56. The van der Waals surface area contributed by atoms with E-state index in [1.165, 1.54) is 0 Å². The highest BCUT2D eigenvalue weighted by atomic mass is 19.4. The van der Waals surface area contributed by atoms with Crippen LogP contribution in [0.5, 0.6) is 5.75 Å². The summed E-state index contributed by atoms with van der Waals surface area (Å²) in [5, 5.41) is 4.80. The van der Waals surface area contributed by atoms with Gasteiger partial charge in [0.15, 0.2) is 0 Å². The van der Waals surface area contributed by atoms with Crippen molar-refractivity contribution in [3.05, 3.63) is 42.0 Å². The van der Waals surface area contributed by atoms with Crippen LogP contribution in [0.4, 0.5) is 13.2 Å². The molecule has 0 aromatic heterocycles. The minimum absolute atomic E-state index is 0.116. The van der Waals surface area contributed by atoms with Crippen molar-refractivity contribution in [3.8, 4) is 5.75 Å². The minimum Gasteiger partial charge on any atom is -0.496 e. The minimum atomic E-state index is -4.22. The van der Waals surface area contributed by atoms with Crippen LogP contribution < -0.4 is 10.1 Å². The van der Waals surface area contributed by atoms with Gasteiger partial charge in [-0.2, -0.15) is 13.2 Å². The number of alkyl halides is 3. The van der Waals surface area contributed by atoms with Crippen LogP contribution in [0.3, 0.4) is 0 Å². The number of hydrogen-bond acceptors (Lipinski definition) is 2. The van der Waals surface area contributed by atoms with Gasteiger partial charge in [0.1, 0.15) is 5.75 Å². The van der Waals surface area contributed by atoms with Crippen molar-refractivity contribution in [1.82, 2.24) is 5.32 Å². The maximum atomic E-state index is 13.0. The first-order chi connectivity index (χ1) is 12.4. The number of nitrogens with one attached hydrogen (secondary N) is 1. The number of ether oxygens (including phenoxy) is 1. The Kier molecular flexibility index (Phi) is 5.39. The fraction of sp³-hybridized carbons (Fsp3) is 0.450. The summed E-state index contributed by atoms with van der Waals surface area (Å²) in [5.41, 5.74) is 0.835. The first-order valence-electron chi connectivity index (χ1n) is 8.79. The van der Waals surface area contributed by atoms with E-state index in [0.717, 1.165) is 16.3 Å².